The number of amides is 2. The van der Waals surface area contributed by atoms with Crippen molar-refractivity contribution in [2.24, 2.45) is 0 Å². The van der Waals surface area contributed by atoms with Gasteiger partial charge in [0.05, 0.1) is 13.5 Å². The zero-order valence-electron chi connectivity index (χ0n) is 13.8. The fraction of sp³-hybridized carbons (Fsp3) is 0.263. The molecule has 1 aliphatic heterocycles. The number of rotatable bonds is 5. The molecule has 2 amide bonds. The van der Waals surface area contributed by atoms with Crippen molar-refractivity contribution in [3.63, 3.8) is 0 Å². The van der Waals surface area contributed by atoms with E-state index in [2.05, 4.69) is 11.4 Å². The van der Waals surface area contributed by atoms with Crippen LogP contribution in [0.15, 0.2) is 42.5 Å². The van der Waals surface area contributed by atoms with Gasteiger partial charge in [-0.1, -0.05) is 12.1 Å². The minimum Gasteiger partial charge on any atom is -0.497 e. The molecule has 24 heavy (non-hydrogen) atoms. The number of carbonyl (C=O) groups excluding carboxylic acids is 2. The van der Waals surface area contributed by atoms with Gasteiger partial charge >= 0.3 is 0 Å². The van der Waals surface area contributed by atoms with Crippen molar-refractivity contribution in [2.75, 3.05) is 25.6 Å². The SMILES string of the molecule is COc1ccc(C(=O)NCCc2ccc3c(c2)CC(=O)N3C)cc1. The first-order valence-corrected chi connectivity index (χ1v) is 7.89. The van der Waals surface area contributed by atoms with Crippen LogP contribution in [-0.4, -0.2) is 32.5 Å². The molecular formula is C19H20N2O3. The summed E-state index contributed by atoms with van der Waals surface area (Å²) in [6.45, 7) is 0.549. The summed E-state index contributed by atoms with van der Waals surface area (Å²) >= 11 is 0. The van der Waals surface area contributed by atoms with Crippen LogP contribution in [0.1, 0.15) is 21.5 Å². The van der Waals surface area contributed by atoms with E-state index in [1.807, 2.05) is 12.1 Å². The highest BCUT2D eigenvalue weighted by Crippen LogP contribution is 2.28. The average molecular weight is 324 g/mol. The Morgan fingerprint density at radius 2 is 1.96 bits per heavy atom. The molecule has 0 unspecified atom stereocenters. The van der Waals surface area contributed by atoms with Crippen molar-refractivity contribution in [1.29, 1.82) is 0 Å². The van der Waals surface area contributed by atoms with Gasteiger partial charge in [0, 0.05) is 24.8 Å². The molecule has 1 N–H and O–H groups in total. The lowest BCUT2D eigenvalue weighted by Crippen LogP contribution is -2.25. The molecule has 2 aromatic carbocycles. The summed E-state index contributed by atoms with van der Waals surface area (Å²) in [7, 11) is 3.39. The molecule has 0 fully saturated rings. The number of anilines is 1. The van der Waals surface area contributed by atoms with Gasteiger partial charge in [-0.2, -0.15) is 0 Å². The normalized spacial score (nSPS) is 12.9. The van der Waals surface area contributed by atoms with Crippen LogP contribution in [0.3, 0.4) is 0 Å². The molecule has 0 saturated heterocycles. The maximum Gasteiger partial charge on any atom is 0.251 e. The lowest BCUT2D eigenvalue weighted by atomic mass is 10.1. The molecule has 0 spiro atoms. The van der Waals surface area contributed by atoms with Gasteiger partial charge in [-0.15, -0.1) is 0 Å². The van der Waals surface area contributed by atoms with Crippen molar-refractivity contribution in [1.82, 2.24) is 5.32 Å². The zero-order chi connectivity index (χ0) is 17.1. The molecule has 1 aliphatic rings. The van der Waals surface area contributed by atoms with Gasteiger partial charge in [0.1, 0.15) is 5.75 Å². The molecule has 5 nitrogen and oxygen atoms in total. The molecule has 0 aliphatic carbocycles. The number of nitrogens with zero attached hydrogens (tertiary/aromatic N) is 1. The second-order valence-corrected chi connectivity index (χ2v) is 5.83. The third-order valence-corrected chi connectivity index (χ3v) is 4.27. The van der Waals surface area contributed by atoms with E-state index < -0.39 is 0 Å². The Morgan fingerprint density at radius 1 is 1.21 bits per heavy atom. The first-order chi connectivity index (χ1) is 11.6. The smallest absolute Gasteiger partial charge is 0.251 e. The summed E-state index contributed by atoms with van der Waals surface area (Å²) in [5.74, 6) is 0.743. The third-order valence-electron chi connectivity index (χ3n) is 4.27. The minimum atomic E-state index is -0.103. The number of methoxy groups -OCH3 is 1. The highest BCUT2D eigenvalue weighted by Gasteiger charge is 2.23. The molecule has 5 heteroatoms. The highest BCUT2D eigenvalue weighted by molar-refractivity contribution is 6.01. The molecule has 1 heterocycles. The van der Waals surface area contributed by atoms with E-state index >= 15 is 0 Å². The highest BCUT2D eigenvalue weighted by atomic mass is 16.5. The lowest BCUT2D eigenvalue weighted by molar-refractivity contribution is -0.117. The fourth-order valence-corrected chi connectivity index (χ4v) is 2.84. The zero-order valence-corrected chi connectivity index (χ0v) is 13.8. The van der Waals surface area contributed by atoms with E-state index in [1.54, 1.807) is 43.3 Å². The first-order valence-electron chi connectivity index (χ1n) is 7.89. The number of fused-ring (bicyclic) bond motifs is 1. The Kier molecular flexibility index (Phi) is 4.51. The monoisotopic (exact) mass is 324 g/mol. The molecule has 0 radical (unpaired) electrons. The van der Waals surface area contributed by atoms with Gasteiger partial charge < -0.3 is 15.0 Å². The van der Waals surface area contributed by atoms with Gasteiger partial charge in [-0.05, 0) is 47.9 Å². The first kappa shape index (κ1) is 16.1. The van der Waals surface area contributed by atoms with Crippen LogP contribution in [0.5, 0.6) is 5.75 Å². The number of hydrogen-bond donors (Lipinski definition) is 1. The second kappa shape index (κ2) is 6.74. The molecule has 3 rings (SSSR count). The van der Waals surface area contributed by atoms with Gasteiger partial charge in [0.25, 0.3) is 5.91 Å². The van der Waals surface area contributed by atoms with E-state index in [0.29, 0.717) is 18.5 Å². The Balaban J connectivity index is 1.56. The van der Waals surface area contributed by atoms with Gasteiger partial charge in [0.2, 0.25) is 5.91 Å². The number of likely N-dealkylation sites (N-methyl/N-ethyl adjacent to an activating group) is 1. The fourth-order valence-electron chi connectivity index (χ4n) is 2.84. The number of carbonyl (C=O) groups is 2. The van der Waals surface area contributed by atoms with Gasteiger partial charge in [-0.3, -0.25) is 9.59 Å². The van der Waals surface area contributed by atoms with Crippen LogP contribution in [0.4, 0.5) is 5.69 Å². The van der Waals surface area contributed by atoms with Crippen molar-refractivity contribution in [3.05, 3.63) is 59.2 Å². The van der Waals surface area contributed by atoms with Gasteiger partial charge in [0.15, 0.2) is 0 Å². The molecule has 0 bridgehead atoms. The number of hydrogen-bond acceptors (Lipinski definition) is 3. The van der Waals surface area contributed by atoms with Crippen molar-refractivity contribution in [2.45, 2.75) is 12.8 Å². The number of nitrogens with one attached hydrogen (secondary N) is 1. The van der Waals surface area contributed by atoms with E-state index in [9.17, 15) is 9.59 Å². The molecular weight excluding hydrogens is 304 g/mol. The quantitative estimate of drug-likeness (QED) is 0.917. The summed E-state index contributed by atoms with van der Waals surface area (Å²) < 4.78 is 5.08. The Hall–Kier alpha value is -2.82. The van der Waals surface area contributed by atoms with Crippen molar-refractivity contribution >= 4 is 17.5 Å². The Labute approximate surface area is 141 Å². The van der Waals surface area contributed by atoms with Gasteiger partial charge in [-0.25, -0.2) is 0 Å². The lowest BCUT2D eigenvalue weighted by Gasteiger charge is -2.11. The molecule has 0 saturated carbocycles. The summed E-state index contributed by atoms with van der Waals surface area (Å²) in [6, 6.07) is 13.0. The van der Waals surface area contributed by atoms with E-state index in [1.165, 1.54) is 0 Å². The van der Waals surface area contributed by atoms with Crippen LogP contribution in [0, 0.1) is 0 Å². The van der Waals surface area contributed by atoms with Crippen LogP contribution < -0.4 is 15.0 Å². The average Bonchev–Trinajstić information content (AvgIpc) is 2.88. The van der Waals surface area contributed by atoms with E-state index in [4.69, 9.17) is 4.74 Å². The molecule has 2 aromatic rings. The maximum atomic E-state index is 12.1. The summed E-state index contributed by atoms with van der Waals surface area (Å²) in [6.07, 6.45) is 1.19. The minimum absolute atomic E-state index is 0.103. The number of benzene rings is 2. The molecule has 0 aromatic heterocycles. The summed E-state index contributed by atoms with van der Waals surface area (Å²) in [4.78, 5) is 25.5. The predicted octanol–water partition coefficient (Wildman–Crippen LogP) is 2.19. The molecule has 124 valence electrons. The third kappa shape index (κ3) is 3.25. The van der Waals surface area contributed by atoms with E-state index in [0.717, 1.165) is 29.0 Å². The largest absolute Gasteiger partial charge is 0.497 e. The molecule has 0 atom stereocenters. The van der Waals surface area contributed by atoms with Crippen LogP contribution in [0.2, 0.25) is 0 Å². The van der Waals surface area contributed by atoms with Crippen LogP contribution >= 0.6 is 0 Å². The van der Waals surface area contributed by atoms with Crippen molar-refractivity contribution in [3.8, 4) is 5.75 Å². The van der Waals surface area contributed by atoms with E-state index in [-0.39, 0.29) is 11.8 Å². The standard InChI is InChI=1S/C19H20N2O3/c1-21-17-8-3-13(11-15(17)12-18(21)22)9-10-20-19(23)14-4-6-16(24-2)7-5-14/h3-8,11H,9-10,12H2,1-2H3,(H,20,23). The Morgan fingerprint density at radius 3 is 2.67 bits per heavy atom. The summed E-state index contributed by atoms with van der Waals surface area (Å²) in [5, 5.41) is 2.91. The summed E-state index contributed by atoms with van der Waals surface area (Å²) in [5.41, 5.74) is 3.76. The maximum absolute atomic E-state index is 12.1. The second-order valence-electron chi connectivity index (χ2n) is 5.83. The van der Waals surface area contributed by atoms with Crippen LogP contribution in [0.25, 0.3) is 0 Å². The predicted molar refractivity (Wildman–Crippen MR) is 92.6 cm³/mol. The number of ether oxygens (including phenoxy) is 1. The van der Waals surface area contributed by atoms with Crippen molar-refractivity contribution < 1.29 is 14.3 Å². The Bertz CT molecular complexity index is 769. The van der Waals surface area contributed by atoms with Crippen LogP contribution in [-0.2, 0) is 17.6 Å². The topological polar surface area (TPSA) is 58.6 Å².